The molecule has 1 aromatic carbocycles. The van der Waals surface area contributed by atoms with Gasteiger partial charge in [0.25, 0.3) is 5.91 Å². The third-order valence-corrected chi connectivity index (χ3v) is 4.00. The summed E-state index contributed by atoms with van der Waals surface area (Å²) in [6.45, 7) is 3.15. The van der Waals surface area contributed by atoms with Crippen LogP contribution in [-0.4, -0.2) is 37.0 Å². The Labute approximate surface area is 122 Å². The molecule has 0 spiro atoms. The van der Waals surface area contributed by atoms with Crippen LogP contribution in [0.15, 0.2) is 24.3 Å². The molecule has 6 heteroatoms. The van der Waals surface area contributed by atoms with E-state index >= 15 is 0 Å². The molecule has 0 saturated carbocycles. The number of nitrogens with zero attached hydrogens (tertiary/aromatic N) is 1. The highest BCUT2D eigenvalue weighted by atomic mass is 19.4. The Kier molecular flexibility index (Phi) is 4.56. The first kappa shape index (κ1) is 15.8. The molecule has 2 unspecified atom stereocenters. The van der Waals surface area contributed by atoms with Crippen molar-refractivity contribution in [1.82, 2.24) is 10.2 Å². The Morgan fingerprint density at radius 3 is 2.67 bits per heavy atom. The van der Waals surface area contributed by atoms with Gasteiger partial charge in [0.2, 0.25) is 0 Å². The maximum atomic E-state index is 12.7. The number of rotatable bonds is 2. The van der Waals surface area contributed by atoms with E-state index in [0.717, 1.165) is 18.6 Å². The van der Waals surface area contributed by atoms with Crippen molar-refractivity contribution in [2.75, 3.05) is 20.1 Å². The normalized spacial score (nSPS) is 23.2. The van der Waals surface area contributed by atoms with Crippen molar-refractivity contribution in [3.8, 4) is 0 Å². The molecule has 1 aliphatic heterocycles. The van der Waals surface area contributed by atoms with Gasteiger partial charge in [-0.1, -0.05) is 13.0 Å². The Morgan fingerprint density at radius 2 is 2.10 bits per heavy atom. The second kappa shape index (κ2) is 6.05. The van der Waals surface area contributed by atoms with Crippen molar-refractivity contribution in [1.29, 1.82) is 0 Å². The Morgan fingerprint density at radius 1 is 1.38 bits per heavy atom. The van der Waals surface area contributed by atoms with E-state index in [1.165, 1.54) is 12.1 Å². The quantitative estimate of drug-likeness (QED) is 0.911. The van der Waals surface area contributed by atoms with E-state index in [0.29, 0.717) is 19.1 Å². The molecule has 1 amide bonds. The number of hydrogen-bond donors (Lipinski definition) is 1. The minimum atomic E-state index is -4.43. The van der Waals surface area contributed by atoms with E-state index in [1.807, 2.05) is 14.0 Å². The first-order valence-electron chi connectivity index (χ1n) is 6.96. The van der Waals surface area contributed by atoms with Gasteiger partial charge in [-0.25, -0.2) is 0 Å². The van der Waals surface area contributed by atoms with Crippen molar-refractivity contribution in [2.45, 2.75) is 25.6 Å². The summed E-state index contributed by atoms with van der Waals surface area (Å²) < 4.78 is 38.1. The summed E-state index contributed by atoms with van der Waals surface area (Å²) in [5.41, 5.74) is -0.688. The lowest BCUT2D eigenvalue weighted by Gasteiger charge is -2.36. The number of carbonyl (C=O) groups is 1. The van der Waals surface area contributed by atoms with Crippen LogP contribution in [0, 0.1) is 5.92 Å². The van der Waals surface area contributed by atoms with Gasteiger partial charge in [0.05, 0.1) is 5.56 Å². The molecule has 21 heavy (non-hydrogen) atoms. The average Bonchev–Trinajstić information content (AvgIpc) is 2.45. The summed E-state index contributed by atoms with van der Waals surface area (Å²) in [5.74, 6) is -0.0546. The fourth-order valence-corrected chi connectivity index (χ4v) is 2.77. The van der Waals surface area contributed by atoms with E-state index in [2.05, 4.69) is 5.32 Å². The molecule has 2 rings (SSSR count). The number of carbonyl (C=O) groups excluding carboxylic acids is 1. The second-order valence-electron chi connectivity index (χ2n) is 5.49. The zero-order chi connectivity index (χ0) is 15.6. The van der Waals surface area contributed by atoms with Crippen molar-refractivity contribution in [2.24, 2.45) is 5.92 Å². The predicted molar refractivity (Wildman–Crippen MR) is 74.0 cm³/mol. The zero-order valence-electron chi connectivity index (χ0n) is 12.1. The summed E-state index contributed by atoms with van der Waals surface area (Å²) in [6.07, 6.45) is -3.62. The molecule has 0 aliphatic carbocycles. The number of benzene rings is 1. The first-order valence-corrected chi connectivity index (χ1v) is 6.96. The molecule has 1 saturated heterocycles. The van der Waals surface area contributed by atoms with Crippen molar-refractivity contribution >= 4 is 5.91 Å². The highest BCUT2D eigenvalue weighted by Gasteiger charge is 2.32. The Balaban J connectivity index is 2.14. The minimum Gasteiger partial charge on any atom is -0.338 e. The van der Waals surface area contributed by atoms with Gasteiger partial charge in [-0.2, -0.15) is 13.2 Å². The number of likely N-dealkylation sites (tertiary alicyclic amines) is 1. The fraction of sp³-hybridized carbons (Fsp3) is 0.533. The van der Waals surface area contributed by atoms with Gasteiger partial charge in [-0.15, -0.1) is 0 Å². The molecule has 0 radical (unpaired) electrons. The molecule has 116 valence electrons. The van der Waals surface area contributed by atoms with Crippen LogP contribution in [0.1, 0.15) is 29.3 Å². The molecule has 1 heterocycles. The third kappa shape index (κ3) is 3.56. The summed E-state index contributed by atoms with van der Waals surface area (Å²) in [7, 11) is 1.88. The maximum absolute atomic E-state index is 12.7. The van der Waals surface area contributed by atoms with Crippen LogP contribution in [0.3, 0.4) is 0 Å². The maximum Gasteiger partial charge on any atom is 0.416 e. The SMILES string of the molecule is CNC1CCN(C(=O)c2cccc(C(F)(F)F)c2)CC1C. The highest BCUT2D eigenvalue weighted by molar-refractivity contribution is 5.94. The van der Waals surface area contributed by atoms with Crippen LogP contribution in [0.25, 0.3) is 0 Å². The number of alkyl halides is 3. The van der Waals surface area contributed by atoms with Gasteiger partial charge in [0.15, 0.2) is 0 Å². The van der Waals surface area contributed by atoms with Crippen molar-refractivity contribution in [3.05, 3.63) is 35.4 Å². The minimum absolute atomic E-state index is 0.0972. The monoisotopic (exact) mass is 300 g/mol. The van der Waals surface area contributed by atoms with Crippen LogP contribution in [0.4, 0.5) is 13.2 Å². The predicted octanol–water partition coefficient (Wildman–Crippen LogP) is 2.78. The number of hydrogen-bond acceptors (Lipinski definition) is 2. The lowest BCUT2D eigenvalue weighted by molar-refractivity contribution is -0.137. The van der Waals surface area contributed by atoms with E-state index in [4.69, 9.17) is 0 Å². The number of piperidine rings is 1. The molecule has 1 aromatic rings. The van der Waals surface area contributed by atoms with Crippen molar-refractivity contribution < 1.29 is 18.0 Å². The van der Waals surface area contributed by atoms with Crippen LogP contribution in [0.5, 0.6) is 0 Å². The fourth-order valence-electron chi connectivity index (χ4n) is 2.77. The molecule has 0 bridgehead atoms. The number of halogens is 3. The number of amides is 1. The molecule has 0 aromatic heterocycles. The highest BCUT2D eigenvalue weighted by Crippen LogP contribution is 2.30. The lowest BCUT2D eigenvalue weighted by Crippen LogP contribution is -2.49. The largest absolute Gasteiger partial charge is 0.416 e. The van der Waals surface area contributed by atoms with Gasteiger partial charge in [0.1, 0.15) is 0 Å². The van der Waals surface area contributed by atoms with Crippen LogP contribution < -0.4 is 5.32 Å². The lowest BCUT2D eigenvalue weighted by atomic mass is 9.93. The second-order valence-corrected chi connectivity index (χ2v) is 5.49. The van der Waals surface area contributed by atoms with E-state index in [1.54, 1.807) is 4.90 Å². The summed E-state index contributed by atoms with van der Waals surface area (Å²) in [5, 5.41) is 3.20. The van der Waals surface area contributed by atoms with E-state index < -0.39 is 11.7 Å². The Hall–Kier alpha value is -1.56. The third-order valence-electron chi connectivity index (χ3n) is 4.00. The Bertz CT molecular complexity index is 516. The van der Waals surface area contributed by atoms with Crippen LogP contribution in [0.2, 0.25) is 0 Å². The molecular formula is C15H19F3N2O. The molecule has 3 nitrogen and oxygen atoms in total. The molecule has 2 atom stereocenters. The standard InChI is InChI=1S/C15H19F3N2O/c1-10-9-20(7-6-13(10)19-2)14(21)11-4-3-5-12(8-11)15(16,17)18/h3-5,8,10,13,19H,6-7,9H2,1-2H3. The average molecular weight is 300 g/mol. The molecule has 1 aliphatic rings. The van der Waals surface area contributed by atoms with Gasteiger partial charge < -0.3 is 10.2 Å². The number of nitrogens with one attached hydrogen (secondary N) is 1. The summed E-state index contributed by atoms with van der Waals surface area (Å²) >= 11 is 0. The zero-order valence-corrected chi connectivity index (χ0v) is 12.1. The molecular weight excluding hydrogens is 281 g/mol. The molecule has 1 fully saturated rings. The van der Waals surface area contributed by atoms with E-state index in [-0.39, 0.29) is 17.4 Å². The summed E-state index contributed by atoms with van der Waals surface area (Å²) in [4.78, 5) is 14.0. The van der Waals surface area contributed by atoms with Crippen LogP contribution >= 0.6 is 0 Å². The van der Waals surface area contributed by atoms with Gasteiger partial charge in [0, 0.05) is 24.7 Å². The van der Waals surface area contributed by atoms with E-state index in [9.17, 15) is 18.0 Å². The first-order chi connectivity index (χ1) is 9.82. The molecule has 1 N–H and O–H groups in total. The van der Waals surface area contributed by atoms with Gasteiger partial charge in [-0.3, -0.25) is 4.79 Å². The van der Waals surface area contributed by atoms with Gasteiger partial charge >= 0.3 is 6.18 Å². The smallest absolute Gasteiger partial charge is 0.338 e. The van der Waals surface area contributed by atoms with Crippen molar-refractivity contribution in [3.63, 3.8) is 0 Å². The summed E-state index contributed by atoms with van der Waals surface area (Å²) in [6, 6.07) is 4.96. The van der Waals surface area contributed by atoms with Crippen LogP contribution in [-0.2, 0) is 6.18 Å². The van der Waals surface area contributed by atoms with Gasteiger partial charge in [-0.05, 0) is 37.6 Å². The topological polar surface area (TPSA) is 32.3 Å².